The van der Waals surface area contributed by atoms with E-state index < -0.39 is 7.14 Å². The minimum atomic E-state index is -2.57. The highest BCUT2D eigenvalue weighted by atomic mass is 35.5. The number of hydrogen-bond acceptors (Lipinski definition) is 8. The number of halogens is 2. The molecule has 272 valence electrons. The number of benzene rings is 2. The summed E-state index contributed by atoms with van der Waals surface area (Å²) in [5.74, 6) is 0.0797. The molecule has 2 aromatic carbocycles. The molecule has 2 aliphatic heterocycles. The molecule has 0 saturated carbocycles. The van der Waals surface area contributed by atoms with Crippen LogP contribution in [0.2, 0.25) is 5.02 Å². The van der Waals surface area contributed by atoms with Gasteiger partial charge in [-0.05, 0) is 77.4 Å². The average Bonchev–Trinajstić information content (AvgIpc) is 3.05. The number of likely N-dealkylation sites (N-methyl/N-ethyl adjacent to an activating group) is 1. The molecular formula is C36H56Cl2N6O4P+. The number of rotatable bonds is 13. The molecule has 0 radical (unpaired) electrons. The molecule has 2 aromatic rings. The molecule has 4 unspecified atom stereocenters. The van der Waals surface area contributed by atoms with Gasteiger partial charge in [0.05, 0.1) is 36.1 Å². The van der Waals surface area contributed by atoms with Crippen molar-refractivity contribution in [3.63, 3.8) is 0 Å². The van der Waals surface area contributed by atoms with Crippen molar-refractivity contribution < 1.29 is 23.3 Å². The normalized spacial score (nSPS) is 22.2. The molecule has 2 aliphatic rings. The van der Waals surface area contributed by atoms with Gasteiger partial charge in [-0.25, -0.2) is 5.32 Å². The molecule has 2 saturated heterocycles. The van der Waals surface area contributed by atoms with Crippen LogP contribution < -0.4 is 31.3 Å². The zero-order valence-electron chi connectivity index (χ0n) is 29.8. The summed E-state index contributed by atoms with van der Waals surface area (Å²) in [6.07, 6.45) is 8.52. The summed E-state index contributed by atoms with van der Waals surface area (Å²) >= 11 is 14.3. The topological polar surface area (TPSA) is 104 Å². The van der Waals surface area contributed by atoms with Crippen LogP contribution >= 0.6 is 30.3 Å². The summed E-state index contributed by atoms with van der Waals surface area (Å²) in [4.78, 5) is 14.6. The van der Waals surface area contributed by atoms with Gasteiger partial charge in [-0.1, -0.05) is 49.6 Å². The number of quaternary nitrogens is 1. The lowest BCUT2D eigenvalue weighted by molar-refractivity contribution is -0.974. The van der Waals surface area contributed by atoms with Gasteiger partial charge in [0.15, 0.2) is 6.17 Å². The number of nitrogens with zero attached hydrogens (tertiary/aromatic N) is 2. The molecule has 13 heteroatoms. The largest absolute Gasteiger partial charge is 0.484 e. The monoisotopic (exact) mass is 737 g/mol. The fourth-order valence-corrected chi connectivity index (χ4v) is 8.81. The predicted molar refractivity (Wildman–Crippen MR) is 205 cm³/mol. The van der Waals surface area contributed by atoms with Crippen LogP contribution in [0.3, 0.4) is 0 Å². The molecule has 1 amide bonds. The Hall–Kier alpha value is -2.30. The highest BCUT2D eigenvalue weighted by Crippen LogP contribution is 2.41. The first-order valence-electron chi connectivity index (χ1n) is 17.4. The van der Waals surface area contributed by atoms with E-state index in [9.17, 15) is 9.36 Å². The zero-order chi connectivity index (χ0) is 35.6. The highest BCUT2D eigenvalue weighted by Gasteiger charge is 2.51. The van der Waals surface area contributed by atoms with Gasteiger partial charge in [0.25, 0.3) is 0 Å². The van der Waals surface area contributed by atoms with Crippen molar-refractivity contribution >= 4 is 58.6 Å². The van der Waals surface area contributed by atoms with Crippen LogP contribution in [0.1, 0.15) is 44.9 Å². The maximum atomic E-state index is 13.4. The minimum absolute atomic E-state index is 0.185. The molecule has 2 heterocycles. The highest BCUT2D eigenvalue weighted by molar-refractivity contribution is 7.70. The van der Waals surface area contributed by atoms with Crippen molar-refractivity contribution in [3.8, 4) is 5.75 Å². The molecule has 0 aromatic heterocycles. The number of amides is 1. The molecule has 0 bridgehead atoms. The van der Waals surface area contributed by atoms with E-state index in [2.05, 4.69) is 27.8 Å². The lowest BCUT2D eigenvalue weighted by Crippen LogP contribution is -2.77. The Balaban J connectivity index is 1.77. The third-order valence-corrected chi connectivity index (χ3v) is 11.6. The Morgan fingerprint density at radius 2 is 1.71 bits per heavy atom. The van der Waals surface area contributed by atoms with Gasteiger partial charge >= 0.3 is 0 Å². The van der Waals surface area contributed by atoms with Crippen molar-refractivity contribution in [3.05, 3.63) is 54.1 Å². The molecule has 0 aliphatic carbocycles. The third-order valence-electron chi connectivity index (χ3n) is 9.37. The van der Waals surface area contributed by atoms with E-state index in [1.165, 1.54) is 25.3 Å². The Kier molecular flexibility index (Phi) is 14.7. The van der Waals surface area contributed by atoms with Crippen LogP contribution in [-0.2, 0) is 14.1 Å². The predicted octanol–water partition coefficient (Wildman–Crippen LogP) is 6.57. The molecule has 10 nitrogen and oxygen atoms in total. The summed E-state index contributed by atoms with van der Waals surface area (Å²) < 4.78 is 25.8. The number of carbonyl (C=O) groups is 1. The van der Waals surface area contributed by atoms with E-state index >= 15 is 0 Å². The quantitative estimate of drug-likeness (QED) is 0.0793. The maximum absolute atomic E-state index is 13.4. The summed E-state index contributed by atoms with van der Waals surface area (Å²) in [5.41, 5.74) is 1.98. The second-order valence-corrected chi connectivity index (χ2v) is 18.1. The number of hydrogen-bond donors (Lipinski definition) is 4. The second kappa shape index (κ2) is 18.3. The van der Waals surface area contributed by atoms with Crippen LogP contribution in [0.25, 0.3) is 0 Å². The first-order valence-corrected chi connectivity index (χ1v) is 20.8. The first-order chi connectivity index (χ1) is 23.4. The van der Waals surface area contributed by atoms with Crippen molar-refractivity contribution in [2.24, 2.45) is 0 Å². The SMILES string of the molecule is C=CC(=O)Nc1cc(NC2NCC(Cl)C(Nc3ccccc3P(C)(C)=O)[N+]23CCCCCCCCC3)c(Cl)cc1OC(COC)CN(C)C. The van der Waals surface area contributed by atoms with E-state index in [0.29, 0.717) is 46.3 Å². The molecule has 1 spiro atoms. The Morgan fingerprint density at radius 1 is 1.06 bits per heavy atom. The standard InChI is InChI=1S/C36H55Cl2N6O4P/c1-7-34(45)40-31-22-30(27(37)21-32(31)48-26(25-47-4)24-43(2)3)42-36-39-23-28(38)35(41-29-17-13-14-18-33(29)49(5,6)46)44(36)19-15-11-9-8-10-12-16-20-44/h7,13-14,17-18,21-22,26,28,35-36,39,42H,1,8-12,15-16,19-20,23-25H2,2-6H3,(H-,40,41,45,46)/p+1. The number of methoxy groups -OCH3 is 1. The van der Waals surface area contributed by atoms with Gasteiger partial charge in [-0.3, -0.25) is 9.28 Å². The van der Waals surface area contributed by atoms with Gasteiger partial charge in [-0.2, -0.15) is 0 Å². The Morgan fingerprint density at radius 3 is 2.33 bits per heavy atom. The maximum Gasteiger partial charge on any atom is 0.247 e. The third kappa shape index (κ3) is 10.6. The molecule has 4 rings (SSSR count). The van der Waals surface area contributed by atoms with E-state index in [4.69, 9.17) is 32.7 Å². The molecular weight excluding hydrogens is 682 g/mol. The van der Waals surface area contributed by atoms with Gasteiger partial charge in [0.2, 0.25) is 12.2 Å². The van der Waals surface area contributed by atoms with E-state index in [1.54, 1.807) is 13.2 Å². The van der Waals surface area contributed by atoms with E-state index in [1.807, 2.05) is 62.7 Å². The second-order valence-electron chi connectivity index (χ2n) is 13.9. The zero-order valence-corrected chi connectivity index (χ0v) is 32.2. The van der Waals surface area contributed by atoms with E-state index in [0.717, 1.165) is 49.8 Å². The van der Waals surface area contributed by atoms with Gasteiger partial charge < -0.3 is 34.9 Å². The molecule has 4 N–H and O–H groups in total. The van der Waals surface area contributed by atoms with Crippen molar-refractivity contribution in [2.75, 3.05) is 83.3 Å². The summed E-state index contributed by atoms with van der Waals surface area (Å²) in [7, 11) is 2.99. The summed E-state index contributed by atoms with van der Waals surface area (Å²) in [5, 5.41) is 15.3. The van der Waals surface area contributed by atoms with Crippen molar-refractivity contribution in [1.29, 1.82) is 0 Å². The van der Waals surface area contributed by atoms with Crippen LogP contribution in [0, 0.1) is 0 Å². The first kappa shape index (κ1) is 39.5. The number of anilines is 3. The van der Waals surface area contributed by atoms with Crippen LogP contribution in [0.4, 0.5) is 17.1 Å². The number of carbonyl (C=O) groups excluding carboxylic acids is 1. The molecule has 4 atom stereocenters. The lowest BCUT2D eigenvalue weighted by atomic mass is 10.0. The molecule has 2 fully saturated rings. The van der Waals surface area contributed by atoms with E-state index in [-0.39, 0.29) is 29.8 Å². The fourth-order valence-electron chi connectivity index (χ4n) is 7.06. The summed E-state index contributed by atoms with van der Waals surface area (Å²) in [6.45, 7) is 10.5. The van der Waals surface area contributed by atoms with Crippen LogP contribution in [0.5, 0.6) is 5.75 Å². The van der Waals surface area contributed by atoms with Crippen LogP contribution in [-0.4, -0.2) is 107 Å². The van der Waals surface area contributed by atoms with Gasteiger partial charge in [0.1, 0.15) is 24.4 Å². The molecule has 49 heavy (non-hydrogen) atoms. The number of alkyl halides is 1. The van der Waals surface area contributed by atoms with Crippen LogP contribution in [0.15, 0.2) is 49.1 Å². The summed E-state index contributed by atoms with van der Waals surface area (Å²) in [6, 6.07) is 11.5. The van der Waals surface area contributed by atoms with Gasteiger partial charge in [-0.15, -0.1) is 11.6 Å². The smallest absolute Gasteiger partial charge is 0.247 e. The Bertz CT molecular complexity index is 1450. The van der Waals surface area contributed by atoms with Gasteiger partial charge in [0, 0.05) is 37.3 Å². The average molecular weight is 739 g/mol. The van der Waals surface area contributed by atoms with Crippen molar-refractivity contribution in [2.45, 2.75) is 68.9 Å². The Labute approximate surface area is 303 Å². The lowest BCUT2D eigenvalue weighted by Gasteiger charge is -2.55. The van der Waals surface area contributed by atoms with Crippen molar-refractivity contribution in [1.82, 2.24) is 10.2 Å². The number of ether oxygens (including phenoxy) is 2. The number of para-hydroxylation sites is 1. The minimum Gasteiger partial charge on any atom is -0.484 e. The number of nitrogens with one attached hydrogen (secondary N) is 4. The fraction of sp³-hybridized carbons (Fsp3) is 0.583.